The molecule has 1 aromatic rings. The van der Waals surface area contributed by atoms with Gasteiger partial charge in [-0.2, -0.15) is 0 Å². The Morgan fingerprint density at radius 3 is 2.43 bits per heavy atom. The van der Waals surface area contributed by atoms with Crippen LogP contribution in [-0.2, 0) is 23.9 Å². The van der Waals surface area contributed by atoms with Crippen molar-refractivity contribution in [2.75, 3.05) is 13.2 Å². The van der Waals surface area contributed by atoms with Gasteiger partial charge < -0.3 is 14.6 Å². The molecule has 28 heavy (non-hydrogen) atoms. The van der Waals surface area contributed by atoms with Crippen molar-refractivity contribution in [2.45, 2.75) is 38.7 Å². The number of nitro benzene ring substituents is 1. The third kappa shape index (κ3) is 4.19. The van der Waals surface area contributed by atoms with Gasteiger partial charge in [0.05, 0.1) is 29.7 Å². The molecule has 0 radical (unpaired) electrons. The molecule has 0 saturated heterocycles. The molecule has 0 heterocycles. The predicted octanol–water partition coefficient (Wildman–Crippen LogP) is 1.76. The Bertz CT molecular complexity index is 788. The fourth-order valence-corrected chi connectivity index (χ4v) is 3.73. The average molecular weight is 393 g/mol. The van der Waals surface area contributed by atoms with Gasteiger partial charge in [0.25, 0.3) is 5.69 Å². The first kappa shape index (κ1) is 21.5. The van der Waals surface area contributed by atoms with E-state index in [1.807, 2.05) is 0 Å². The number of carbonyl (C=O) groups is 3. The van der Waals surface area contributed by atoms with E-state index in [4.69, 9.17) is 9.47 Å². The smallest absolute Gasteiger partial charge is 0.317 e. The number of non-ortho nitro benzene ring substituents is 1. The van der Waals surface area contributed by atoms with E-state index >= 15 is 0 Å². The second-order valence-corrected chi connectivity index (χ2v) is 6.84. The third-order valence-electron chi connectivity index (χ3n) is 4.81. The maximum atomic E-state index is 12.7. The Hall–Kier alpha value is -2.81. The Kier molecular flexibility index (Phi) is 6.50. The Labute approximate surface area is 161 Å². The van der Waals surface area contributed by atoms with E-state index in [0.29, 0.717) is 0 Å². The van der Waals surface area contributed by atoms with Crippen molar-refractivity contribution in [3.63, 3.8) is 0 Å². The van der Waals surface area contributed by atoms with Gasteiger partial charge in [-0.3, -0.25) is 24.5 Å². The lowest BCUT2D eigenvalue weighted by molar-refractivity contribution is -0.385. The highest BCUT2D eigenvalue weighted by Gasteiger charge is 2.57. The van der Waals surface area contributed by atoms with Gasteiger partial charge in [0.1, 0.15) is 5.92 Å². The Morgan fingerprint density at radius 2 is 1.86 bits per heavy atom. The number of ketones is 1. The molecule has 1 fully saturated rings. The SMILES string of the molecule is CCOC(=O)[C@@H]1C(=O)C[C@](C)(O)[C@H](C(=O)OCC)[C@@H]1c1cccc([N+](=O)[O-])c1. The topological polar surface area (TPSA) is 133 Å². The lowest BCUT2D eigenvalue weighted by Gasteiger charge is -2.43. The Morgan fingerprint density at radius 1 is 1.25 bits per heavy atom. The lowest BCUT2D eigenvalue weighted by Crippen LogP contribution is -2.55. The number of aliphatic hydroxyl groups is 1. The second-order valence-electron chi connectivity index (χ2n) is 6.84. The fourth-order valence-electron chi connectivity index (χ4n) is 3.73. The summed E-state index contributed by atoms with van der Waals surface area (Å²) in [5, 5.41) is 22.0. The molecule has 152 valence electrons. The summed E-state index contributed by atoms with van der Waals surface area (Å²) >= 11 is 0. The molecule has 0 spiro atoms. The first-order valence-corrected chi connectivity index (χ1v) is 8.96. The van der Waals surface area contributed by atoms with Gasteiger partial charge in [0.15, 0.2) is 5.78 Å². The molecule has 9 nitrogen and oxygen atoms in total. The van der Waals surface area contributed by atoms with Crippen LogP contribution >= 0.6 is 0 Å². The third-order valence-corrected chi connectivity index (χ3v) is 4.81. The molecule has 1 aliphatic carbocycles. The summed E-state index contributed by atoms with van der Waals surface area (Å²) in [6, 6.07) is 5.32. The van der Waals surface area contributed by atoms with Crippen molar-refractivity contribution < 1.29 is 33.9 Å². The molecule has 1 N–H and O–H groups in total. The van der Waals surface area contributed by atoms with Gasteiger partial charge >= 0.3 is 11.9 Å². The van der Waals surface area contributed by atoms with E-state index in [1.165, 1.54) is 31.2 Å². The maximum Gasteiger partial charge on any atom is 0.317 e. The highest BCUT2D eigenvalue weighted by molar-refractivity contribution is 6.02. The summed E-state index contributed by atoms with van der Waals surface area (Å²) in [5.74, 6) is -6.03. The zero-order valence-corrected chi connectivity index (χ0v) is 15.9. The Balaban J connectivity index is 2.67. The quantitative estimate of drug-likeness (QED) is 0.334. The molecule has 0 amide bonds. The van der Waals surface area contributed by atoms with E-state index in [-0.39, 0.29) is 24.5 Å². The zero-order valence-electron chi connectivity index (χ0n) is 15.9. The number of carbonyl (C=O) groups excluding carboxylic acids is 3. The summed E-state index contributed by atoms with van der Waals surface area (Å²) in [6.07, 6.45) is -0.439. The number of esters is 2. The second kappa shape index (κ2) is 8.47. The van der Waals surface area contributed by atoms with Crippen molar-refractivity contribution in [3.8, 4) is 0 Å². The highest BCUT2D eigenvalue weighted by Crippen LogP contribution is 2.47. The van der Waals surface area contributed by atoms with Gasteiger partial charge in [-0.15, -0.1) is 0 Å². The van der Waals surface area contributed by atoms with E-state index in [0.717, 1.165) is 0 Å². The number of Topliss-reactive ketones (excluding diaryl/α,β-unsaturated/α-hetero) is 1. The largest absolute Gasteiger partial charge is 0.466 e. The molecule has 2 rings (SSSR count). The summed E-state index contributed by atoms with van der Waals surface area (Å²) in [6.45, 7) is 4.53. The summed E-state index contributed by atoms with van der Waals surface area (Å²) < 4.78 is 10.1. The standard InChI is InChI=1S/C19H23NO8/c1-4-27-17(22)15-13(21)10-19(3,24)16(18(23)28-5-2)14(15)11-7-6-8-12(9-11)20(25)26/h6-9,14-16,24H,4-5,10H2,1-3H3/t14-,15-,16+,19+/m1/s1. The van der Waals surface area contributed by atoms with E-state index in [1.54, 1.807) is 13.8 Å². The summed E-state index contributed by atoms with van der Waals surface area (Å²) in [5.41, 5.74) is -1.85. The van der Waals surface area contributed by atoms with E-state index < -0.39 is 52.4 Å². The molecule has 1 saturated carbocycles. The number of benzene rings is 1. The van der Waals surface area contributed by atoms with Crippen LogP contribution in [0, 0.1) is 22.0 Å². The number of hydrogen-bond acceptors (Lipinski definition) is 8. The molecule has 0 bridgehead atoms. The number of nitro groups is 1. The molecule has 0 aromatic heterocycles. The van der Waals surface area contributed by atoms with Crippen molar-refractivity contribution >= 4 is 23.4 Å². The first-order chi connectivity index (χ1) is 13.1. The molecule has 4 atom stereocenters. The van der Waals surface area contributed by atoms with Crippen LogP contribution in [0.3, 0.4) is 0 Å². The van der Waals surface area contributed by atoms with Crippen LogP contribution in [0.2, 0.25) is 0 Å². The van der Waals surface area contributed by atoms with Crippen molar-refractivity contribution in [1.82, 2.24) is 0 Å². The van der Waals surface area contributed by atoms with Crippen LogP contribution < -0.4 is 0 Å². The number of ether oxygens (including phenoxy) is 2. The summed E-state index contributed by atoms with van der Waals surface area (Å²) in [7, 11) is 0. The van der Waals surface area contributed by atoms with Gasteiger partial charge in [0, 0.05) is 24.5 Å². The van der Waals surface area contributed by atoms with Crippen LogP contribution in [0.5, 0.6) is 0 Å². The van der Waals surface area contributed by atoms with E-state index in [9.17, 15) is 29.6 Å². The molecule has 1 aromatic carbocycles. The molecule has 0 aliphatic heterocycles. The van der Waals surface area contributed by atoms with Crippen LogP contribution in [0.1, 0.15) is 38.7 Å². The monoisotopic (exact) mass is 393 g/mol. The average Bonchev–Trinajstić information content (AvgIpc) is 2.60. The number of nitrogens with zero attached hydrogens (tertiary/aromatic N) is 1. The van der Waals surface area contributed by atoms with Crippen molar-refractivity contribution in [1.29, 1.82) is 0 Å². The van der Waals surface area contributed by atoms with Crippen LogP contribution in [0.4, 0.5) is 5.69 Å². The minimum Gasteiger partial charge on any atom is -0.466 e. The van der Waals surface area contributed by atoms with Gasteiger partial charge in [-0.25, -0.2) is 0 Å². The normalized spacial score (nSPS) is 27.1. The van der Waals surface area contributed by atoms with Gasteiger partial charge in [0.2, 0.25) is 0 Å². The van der Waals surface area contributed by atoms with Crippen molar-refractivity contribution in [3.05, 3.63) is 39.9 Å². The van der Waals surface area contributed by atoms with Gasteiger partial charge in [-0.05, 0) is 26.3 Å². The maximum absolute atomic E-state index is 12.7. The van der Waals surface area contributed by atoms with Crippen LogP contribution in [0.25, 0.3) is 0 Å². The first-order valence-electron chi connectivity index (χ1n) is 8.96. The minimum absolute atomic E-state index is 0.0186. The summed E-state index contributed by atoms with van der Waals surface area (Å²) in [4.78, 5) is 48.5. The molecule has 9 heteroatoms. The van der Waals surface area contributed by atoms with Crippen LogP contribution in [0.15, 0.2) is 24.3 Å². The predicted molar refractivity (Wildman–Crippen MR) is 96.3 cm³/mol. The molecular weight excluding hydrogens is 370 g/mol. The highest BCUT2D eigenvalue weighted by atomic mass is 16.6. The van der Waals surface area contributed by atoms with Crippen LogP contribution in [-0.4, -0.2) is 46.6 Å². The molecule has 0 unspecified atom stereocenters. The molecular formula is C19H23NO8. The molecule has 1 aliphatic rings. The van der Waals surface area contributed by atoms with E-state index in [2.05, 4.69) is 0 Å². The van der Waals surface area contributed by atoms with Crippen molar-refractivity contribution in [2.24, 2.45) is 11.8 Å². The number of rotatable bonds is 6. The number of hydrogen-bond donors (Lipinski definition) is 1. The minimum atomic E-state index is -1.79. The lowest BCUT2D eigenvalue weighted by atomic mass is 9.61. The fraction of sp³-hybridized carbons (Fsp3) is 0.526. The van der Waals surface area contributed by atoms with Gasteiger partial charge in [-0.1, -0.05) is 12.1 Å². The zero-order chi connectivity index (χ0) is 21.1.